The minimum absolute atomic E-state index is 0.0775. The molecule has 0 unspecified atom stereocenters. The Hall–Kier alpha value is -2.52. The Bertz CT molecular complexity index is 695. The summed E-state index contributed by atoms with van der Waals surface area (Å²) in [7, 11) is 0. The fourth-order valence-corrected chi connectivity index (χ4v) is 1.74. The van der Waals surface area contributed by atoms with Crippen molar-refractivity contribution in [3.8, 4) is 0 Å². The van der Waals surface area contributed by atoms with Gasteiger partial charge in [-0.2, -0.15) is 0 Å². The molecular formula is C11H12N4O5. The smallest absolute Gasteiger partial charge is 0.293 e. The summed E-state index contributed by atoms with van der Waals surface area (Å²) in [6, 6.07) is 1.70. The summed E-state index contributed by atoms with van der Waals surface area (Å²) >= 11 is 0. The number of anilines is 1. The van der Waals surface area contributed by atoms with Gasteiger partial charge in [0, 0.05) is 6.07 Å². The normalized spacial score (nSPS) is 10.9. The van der Waals surface area contributed by atoms with Gasteiger partial charge in [-0.15, -0.1) is 0 Å². The number of aliphatic hydroxyl groups excluding tert-OH is 2. The van der Waals surface area contributed by atoms with Crippen LogP contribution in [0.2, 0.25) is 0 Å². The number of hydrogen-bond acceptors (Lipinski definition) is 7. The fourth-order valence-electron chi connectivity index (χ4n) is 1.74. The molecule has 0 radical (unpaired) electrons. The van der Waals surface area contributed by atoms with Crippen molar-refractivity contribution < 1.29 is 15.1 Å². The number of aromatic amines is 1. The molecule has 1 heterocycles. The van der Waals surface area contributed by atoms with Crippen molar-refractivity contribution in [2.45, 2.75) is 6.04 Å². The van der Waals surface area contributed by atoms with E-state index in [-0.39, 0.29) is 22.3 Å². The molecule has 1 aromatic carbocycles. The number of rotatable bonds is 5. The van der Waals surface area contributed by atoms with E-state index >= 15 is 0 Å². The molecule has 0 bridgehead atoms. The van der Waals surface area contributed by atoms with Crippen LogP contribution in [0.5, 0.6) is 0 Å². The van der Waals surface area contributed by atoms with E-state index in [1.54, 1.807) is 0 Å². The van der Waals surface area contributed by atoms with Crippen LogP contribution in [-0.2, 0) is 0 Å². The van der Waals surface area contributed by atoms with Crippen LogP contribution in [0.4, 0.5) is 11.4 Å². The number of fused-ring (bicyclic) bond motifs is 1. The maximum absolute atomic E-state index is 11.6. The number of nitrogens with zero attached hydrogens (tertiary/aromatic N) is 2. The molecule has 0 fully saturated rings. The molecular weight excluding hydrogens is 268 g/mol. The average molecular weight is 280 g/mol. The number of H-pyrrole nitrogens is 1. The van der Waals surface area contributed by atoms with Gasteiger partial charge in [0.1, 0.15) is 5.69 Å². The van der Waals surface area contributed by atoms with Gasteiger partial charge in [0.15, 0.2) is 0 Å². The van der Waals surface area contributed by atoms with Crippen molar-refractivity contribution in [1.82, 2.24) is 9.97 Å². The number of nitro benzene ring substituents is 1. The summed E-state index contributed by atoms with van der Waals surface area (Å²) in [5, 5.41) is 31.8. The molecule has 0 saturated carbocycles. The van der Waals surface area contributed by atoms with Crippen LogP contribution in [0, 0.1) is 10.1 Å². The maximum Gasteiger partial charge on any atom is 0.293 e. The van der Waals surface area contributed by atoms with E-state index < -0.39 is 29.7 Å². The summed E-state index contributed by atoms with van der Waals surface area (Å²) in [6.07, 6.45) is 1.19. The lowest BCUT2D eigenvalue weighted by Crippen LogP contribution is -2.28. The summed E-state index contributed by atoms with van der Waals surface area (Å²) < 4.78 is 0. The molecule has 9 heteroatoms. The Kier molecular flexibility index (Phi) is 3.91. The van der Waals surface area contributed by atoms with Crippen LogP contribution in [-0.4, -0.2) is 44.4 Å². The first kappa shape index (κ1) is 13.9. The minimum Gasteiger partial charge on any atom is -0.394 e. The minimum atomic E-state index is -0.742. The third kappa shape index (κ3) is 2.58. The van der Waals surface area contributed by atoms with Crippen molar-refractivity contribution in [2.24, 2.45) is 0 Å². The molecule has 0 aliphatic rings. The second-order valence-electron chi connectivity index (χ2n) is 4.08. The Balaban J connectivity index is 2.60. The average Bonchev–Trinajstić information content (AvgIpc) is 2.44. The number of hydrogen-bond donors (Lipinski definition) is 4. The molecule has 0 aliphatic carbocycles. The van der Waals surface area contributed by atoms with Crippen molar-refractivity contribution in [3.05, 3.63) is 38.9 Å². The van der Waals surface area contributed by atoms with Crippen molar-refractivity contribution in [2.75, 3.05) is 18.5 Å². The SMILES string of the molecule is O=c1[nH]cnc2cc(NC(CO)CO)c([N+](=O)[O-])cc12. The molecule has 4 N–H and O–H groups in total. The second kappa shape index (κ2) is 5.63. The Morgan fingerprint density at radius 3 is 2.70 bits per heavy atom. The van der Waals surface area contributed by atoms with Crippen LogP contribution in [0.25, 0.3) is 10.9 Å². The van der Waals surface area contributed by atoms with Gasteiger partial charge in [-0.1, -0.05) is 0 Å². The van der Waals surface area contributed by atoms with Crippen LogP contribution in [0.3, 0.4) is 0 Å². The summed E-state index contributed by atoms with van der Waals surface area (Å²) in [6.45, 7) is -0.789. The highest BCUT2D eigenvalue weighted by atomic mass is 16.6. The molecule has 9 nitrogen and oxygen atoms in total. The molecule has 0 spiro atoms. The molecule has 0 atom stereocenters. The molecule has 1 aromatic heterocycles. The Morgan fingerprint density at radius 2 is 2.10 bits per heavy atom. The van der Waals surface area contributed by atoms with E-state index in [4.69, 9.17) is 10.2 Å². The van der Waals surface area contributed by atoms with Crippen molar-refractivity contribution >= 4 is 22.3 Å². The van der Waals surface area contributed by atoms with E-state index in [9.17, 15) is 14.9 Å². The molecule has 0 saturated heterocycles. The zero-order valence-electron chi connectivity index (χ0n) is 10.2. The monoisotopic (exact) mass is 280 g/mol. The topological polar surface area (TPSA) is 141 Å². The fraction of sp³-hybridized carbons (Fsp3) is 0.273. The molecule has 2 rings (SSSR count). The van der Waals surface area contributed by atoms with Gasteiger partial charge in [-0.25, -0.2) is 4.98 Å². The maximum atomic E-state index is 11.6. The molecule has 0 amide bonds. The zero-order valence-corrected chi connectivity index (χ0v) is 10.2. The van der Waals surface area contributed by atoms with Crippen molar-refractivity contribution in [3.63, 3.8) is 0 Å². The second-order valence-corrected chi connectivity index (χ2v) is 4.08. The van der Waals surface area contributed by atoms with Crippen LogP contribution in [0.1, 0.15) is 0 Å². The first-order valence-electron chi connectivity index (χ1n) is 5.71. The van der Waals surface area contributed by atoms with Gasteiger partial charge in [-0.05, 0) is 6.07 Å². The van der Waals surface area contributed by atoms with Crippen LogP contribution >= 0.6 is 0 Å². The number of aromatic nitrogens is 2. The molecule has 20 heavy (non-hydrogen) atoms. The first-order valence-corrected chi connectivity index (χ1v) is 5.71. The van der Waals surface area contributed by atoms with Gasteiger partial charge in [0.25, 0.3) is 11.2 Å². The van der Waals surface area contributed by atoms with E-state index in [2.05, 4.69) is 15.3 Å². The number of nitro groups is 1. The van der Waals surface area contributed by atoms with Gasteiger partial charge in [-0.3, -0.25) is 14.9 Å². The van der Waals surface area contributed by atoms with Gasteiger partial charge in [0.05, 0.1) is 41.4 Å². The van der Waals surface area contributed by atoms with Gasteiger partial charge in [0.2, 0.25) is 0 Å². The highest BCUT2D eigenvalue weighted by molar-refractivity contribution is 5.86. The van der Waals surface area contributed by atoms with Crippen LogP contribution in [0.15, 0.2) is 23.3 Å². The lowest BCUT2D eigenvalue weighted by molar-refractivity contribution is -0.383. The summed E-state index contributed by atoms with van der Waals surface area (Å²) in [5.74, 6) is 0. The van der Waals surface area contributed by atoms with E-state index in [0.29, 0.717) is 0 Å². The lowest BCUT2D eigenvalue weighted by Gasteiger charge is -2.15. The van der Waals surface area contributed by atoms with E-state index in [1.165, 1.54) is 12.4 Å². The number of aliphatic hydroxyl groups is 2. The third-order valence-corrected chi connectivity index (χ3v) is 2.76. The Morgan fingerprint density at radius 1 is 1.40 bits per heavy atom. The highest BCUT2D eigenvalue weighted by Gasteiger charge is 2.19. The quantitative estimate of drug-likeness (QED) is 0.431. The standard InChI is InChI=1S/C11H12N4O5/c16-3-6(4-17)14-9-2-8-7(1-10(9)15(19)20)11(18)13-5-12-8/h1-2,5-6,14,16-17H,3-4H2,(H,12,13,18). The van der Waals surface area contributed by atoms with Gasteiger partial charge < -0.3 is 20.5 Å². The third-order valence-electron chi connectivity index (χ3n) is 2.76. The van der Waals surface area contributed by atoms with Crippen LogP contribution < -0.4 is 10.9 Å². The van der Waals surface area contributed by atoms with Crippen molar-refractivity contribution in [1.29, 1.82) is 0 Å². The Labute approximate surface area is 112 Å². The molecule has 2 aromatic rings. The zero-order chi connectivity index (χ0) is 14.7. The summed E-state index contributed by atoms with van der Waals surface area (Å²) in [5.41, 5.74) is -0.460. The predicted molar refractivity (Wildman–Crippen MR) is 70.6 cm³/mol. The molecule has 0 aliphatic heterocycles. The number of nitrogens with one attached hydrogen (secondary N) is 2. The largest absolute Gasteiger partial charge is 0.394 e. The summed E-state index contributed by atoms with van der Waals surface area (Å²) in [4.78, 5) is 28.2. The van der Waals surface area contributed by atoms with E-state index in [0.717, 1.165) is 6.07 Å². The highest BCUT2D eigenvalue weighted by Crippen LogP contribution is 2.28. The predicted octanol–water partition coefficient (Wildman–Crippen LogP) is -0.404. The lowest BCUT2D eigenvalue weighted by atomic mass is 10.1. The first-order chi connectivity index (χ1) is 9.56. The van der Waals surface area contributed by atoms with E-state index in [1.807, 2.05) is 0 Å². The molecule has 106 valence electrons. The van der Waals surface area contributed by atoms with Gasteiger partial charge >= 0.3 is 0 Å². The number of benzene rings is 1.